The third kappa shape index (κ3) is 8.84. The highest BCUT2D eigenvalue weighted by molar-refractivity contribution is 7.17. The van der Waals surface area contributed by atoms with Crippen LogP contribution in [-0.4, -0.2) is 38.1 Å². The molecule has 0 aliphatic carbocycles. The standard InChI is InChI=1S/C30H31N5O4S/c1-21-18-25(11-12-26(21)33-34-30-29(32-4)23(3)27(19-31)40-30)35(20-24-8-6-5-7-9-24)14-15-38-16-17-39-28(37)13-10-22(2)36/h5-9,11-12,18H,10,13-17,20H2,1-3H3. The minimum absolute atomic E-state index is 0.0425. The number of hydrogen-bond donors (Lipinski definition) is 0. The molecule has 206 valence electrons. The highest BCUT2D eigenvalue weighted by Gasteiger charge is 2.15. The molecule has 2 aromatic carbocycles. The van der Waals surface area contributed by atoms with Crippen LogP contribution in [0, 0.1) is 31.8 Å². The highest BCUT2D eigenvalue weighted by atomic mass is 32.1. The van der Waals surface area contributed by atoms with Gasteiger partial charge in [0.05, 0.1) is 36.8 Å². The Morgan fingerprint density at radius 3 is 2.52 bits per heavy atom. The number of azo groups is 1. The Bertz CT molecular complexity index is 1440. The van der Waals surface area contributed by atoms with Crippen LogP contribution in [0.1, 0.15) is 41.3 Å². The molecule has 0 radical (unpaired) electrons. The Labute approximate surface area is 238 Å². The molecule has 3 rings (SSSR count). The van der Waals surface area contributed by atoms with Crippen molar-refractivity contribution in [1.29, 1.82) is 5.26 Å². The van der Waals surface area contributed by atoms with Crippen LogP contribution in [0.15, 0.2) is 58.8 Å². The van der Waals surface area contributed by atoms with Crippen molar-refractivity contribution in [2.45, 2.75) is 40.2 Å². The summed E-state index contributed by atoms with van der Waals surface area (Å²) < 4.78 is 10.8. The molecule has 10 heteroatoms. The Kier molecular flexibility index (Phi) is 11.5. The largest absolute Gasteiger partial charge is 0.463 e. The third-order valence-corrected chi connectivity index (χ3v) is 7.07. The number of anilines is 1. The fourth-order valence-corrected chi connectivity index (χ4v) is 4.65. The van der Waals surface area contributed by atoms with Crippen molar-refractivity contribution in [2.75, 3.05) is 31.3 Å². The Morgan fingerprint density at radius 2 is 1.85 bits per heavy atom. The molecule has 0 saturated carbocycles. The van der Waals surface area contributed by atoms with E-state index < -0.39 is 5.97 Å². The minimum atomic E-state index is -0.401. The number of Topliss-reactive ketones (excluding diaryl/α,β-unsaturated/α-hetero) is 1. The van der Waals surface area contributed by atoms with E-state index in [1.165, 1.54) is 18.3 Å². The second-order valence-electron chi connectivity index (χ2n) is 9.05. The summed E-state index contributed by atoms with van der Waals surface area (Å²) in [5, 5.41) is 18.4. The summed E-state index contributed by atoms with van der Waals surface area (Å²) in [6.45, 7) is 14.7. The third-order valence-electron chi connectivity index (χ3n) is 6.00. The number of carbonyl (C=O) groups excluding carboxylic acids is 2. The zero-order chi connectivity index (χ0) is 28.9. The average Bonchev–Trinajstić information content (AvgIpc) is 3.26. The van der Waals surface area contributed by atoms with Gasteiger partial charge < -0.3 is 19.2 Å². The first-order valence-corrected chi connectivity index (χ1v) is 13.6. The van der Waals surface area contributed by atoms with Gasteiger partial charge in [0, 0.05) is 25.2 Å². The number of hydrogen-bond acceptors (Lipinski definition) is 9. The van der Waals surface area contributed by atoms with Gasteiger partial charge in [-0.1, -0.05) is 30.3 Å². The molecule has 0 aliphatic heterocycles. The fraction of sp³-hybridized carbons (Fsp3) is 0.333. The lowest BCUT2D eigenvalue weighted by Gasteiger charge is -2.25. The summed E-state index contributed by atoms with van der Waals surface area (Å²) in [4.78, 5) is 28.8. The van der Waals surface area contributed by atoms with Crippen LogP contribution >= 0.6 is 11.3 Å². The first-order chi connectivity index (χ1) is 19.3. The van der Waals surface area contributed by atoms with Gasteiger partial charge in [0.25, 0.3) is 0 Å². The number of thiophene rings is 1. The molecule has 1 heterocycles. The molecular formula is C30H31N5O4S. The summed E-state index contributed by atoms with van der Waals surface area (Å²) in [5.41, 5.74) is 4.71. The van der Waals surface area contributed by atoms with E-state index in [1.807, 2.05) is 43.3 Å². The van der Waals surface area contributed by atoms with Gasteiger partial charge >= 0.3 is 5.97 Å². The van der Waals surface area contributed by atoms with Crippen molar-refractivity contribution < 1.29 is 19.1 Å². The van der Waals surface area contributed by atoms with Gasteiger partial charge in [-0.15, -0.1) is 11.3 Å². The van der Waals surface area contributed by atoms with E-state index in [0.29, 0.717) is 46.5 Å². The molecule has 0 atom stereocenters. The lowest BCUT2D eigenvalue weighted by Crippen LogP contribution is -2.27. The molecular weight excluding hydrogens is 526 g/mol. The SMILES string of the molecule is [C-]#[N+]c1c(N=Nc2ccc(N(CCOCCOC(=O)CCC(C)=O)Cc3ccccc3)cc2C)sc(C#N)c1C. The maximum absolute atomic E-state index is 11.6. The van der Waals surface area contributed by atoms with Crippen LogP contribution < -0.4 is 4.90 Å². The molecule has 0 N–H and O–H groups in total. The summed E-state index contributed by atoms with van der Waals surface area (Å²) in [6, 6.07) is 18.1. The molecule has 1 aromatic heterocycles. The van der Waals surface area contributed by atoms with Crippen molar-refractivity contribution in [3.63, 3.8) is 0 Å². The van der Waals surface area contributed by atoms with Gasteiger partial charge in [-0.2, -0.15) is 15.5 Å². The van der Waals surface area contributed by atoms with Crippen LogP contribution in [0.5, 0.6) is 0 Å². The number of esters is 1. The average molecular weight is 558 g/mol. The molecule has 0 spiro atoms. The Morgan fingerprint density at radius 1 is 1.07 bits per heavy atom. The molecule has 0 unspecified atom stereocenters. The minimum Gasteiger partial charge on any atom is -0.463 e. The van der Waals surface area contributed by atoms with Gasteiger partial charge in [-0.05, 0) is 55.7 Å². The van der Waals surface area contributed by atoms with Crippen LogP contribution in [-0.2, 0) is 25.6 Å². The number of rotatable bonds is 14. The molecule has 40 heavy (non-hydrogen) atoms. The quantitative estimate of drug-likeness (QED) is 0.0902. The summed E-state index contributed by atoms with van der Waals surface area (Å²) in [7, 11) is 0. The first kappa shape index (κ1) is 30.2. The van der Waals surface area contributed by atoms with Crippen LogP contribution in [0.4, 0.5) is 22.1 Å². The maximum atomic E-state index is 11.6. The van der Waals surface area contributed by atoms with Crippen LogP contribution in [0.25, 0.3) is 4.85 Å². The Balaban J connectivity index is 1.65. The second-order valence-corrected chi connectivity index (χ2v) is 10.0. The van der Waals surface area contributed by atoms with Crippen LogP contribution in [0.2, 0.25) is 0 Å². The predicted molar refractivity (Wildman–Crippen MR) is 155 cm³/mol. The molecule has 0 bridgehead atoms. The zero-order valence-electron chi connectivity index (χ0n) is 22.8. The highest BCUT2D eigenvalue weighted by Crippen LogP contribution is 2.42. The summed E-state index contributed by atoms with van der Waals surface area (Å²) in [5.74, 6) is -0.443. The van der Waals surface area contributed by atoms with E-state index in [4.69, 9.17) is 16.0 Å². The monoisotopic (exact) mass is 557 g/mol. The van der Waals surface area contributed by atoms with Gasteiger partial charge in [0.1, 0.15) is 23.5 Å². The second kappa shape index (κ2) is 15.3. The van der Waals surface area contributed by atoms with E-state index in [1.54, 1.807) is 6.92 Å². The maximum Gasteiger partial charge on any atom is 0.306 e. The van der Waals surface area contributed by atoms with Crippen molar-refractivity contribution in [3.05, 3.63) is 81.5 Å². The fourth-order valence-electron chi connectivity index (χ4n) is 3.79. The normalized spacial score (nSPS) is 10.7. The van der Waals surface area contributed by atoms with Gasteiger partial charge in [-0.3, -0.25) is 4.79 Å². The van der Waals surface area contributed by atoms with E-state index >= 15 is 0 Å². The smallest absolute Gasteiger partial charge is 0.306 e. The number of ketones is 1. The van der Waals surface area contributed by atoms with Crippen molar-refractivity contribution in [2.24, 2.45) is 10.2 Å². The van der Waals surface area contributed by atoms with E-state index in [0.717, 1.165) is 16.8 Å². The lowest BCUT2D eigenvalue weighted by atomic mass is 10.1. The van der Waals surface area contributed by atoms with Gasteiger partial charge in [-0.25, -0.2) is 4.85 Å². The first-order valence-electron chi connectivity index (χ1n) is 12.8. The van der Waals surface area contributed by atoms with E-state index in [9.17, 15) is 14.9 Å². The summed E-state index contributed by atoms with van der Waals surface area (Å²) in [6.07, 6.45) is 0.273. The van der Waals surface area contributed by atoms with Gasteiger partial charge in [0.2, 0.25) is 5.69 Å². The number of benzene rings is 2. The number of carbonyl (C=O) groups is 2. The molecule has 0 aliphatic rings. The lowest BCUT2D eigenvalue weighted by molar-refractivity contribution is -0.146. The van der Waals surface area contributed by atoms with E-state index in [-0.39, 0.29) is 31.8 Å². The van der Waals surface area contributed by atoms with E-state index in [2.05, 4.69) is 38.2 Å². The molecule has 0 saturated heterocycles. The molecule has 9 nitrogen and oxygen atoms in total. The number of nitriles is 1. The van der Waals surface area contributed by atoms with Gasteiger partial charge in [0.15, 0.2) is 0 Å². The summed E-state index contributed by atoms with van der Waals surface area (Å²) >= 11 is 1.17. The Hall–Kier alpha value is -4.38. The topological polar surface area (TPSA) is 109 Å². The number of ether oxygens (including phenoxy) is 2. The predicted octanol–water partition coefficient (Wildman–Crippen LogP) is 7.14. The van der Waals surface area contributed by atoms with Crippen LogP contribution in [0.3, 0.4) is 0 Å². The van der Waals surface area contributed by atoms with Crippen molar-refractivity contribution in [1.82, 2.24) is 0 Å². The van der Waals surface area contributed by atoms with Crippen molar-refractivity contribution >= 4 is 45.2 Å². The molecule has 3 aromatic rings. The number of aryl methyl sites for hydroxylation is 1. The zero-order valence-corrected chi connectivity index (χ0v) is 23.7. The van der Waals surface area contributed by atoms with Crippen molar-refractivity contribution in [3.8, 4) is 6.07 Å². The number of nitrogens with zero attached hydrogens (tertiary/aromatic N) is 5. The molecule has 0 fully saturated rings. The molecule has 0 amide bonds.